The molecule has 0 bridgehead atoms. The molecule has 2 aromatic rings. The first kappa shape index (κ1) is 21.8. The van der Waals surface area contributed by atoms with E-state index in [2.05, 4.69) is 24.5 Å². The number of sulfonamides is 1. The highest BCUT2D eigenvalue weighted by molar-refractivity contribution is 7.91. The van der Waals surface area contributed by atoms with Crippen LogP contribution in [-0.4, -0.2) is 45.1 Å². The van der Waals surface area contributed by atoms with Gasteiger partial charge in [0.2, 0.25) is 0 Å². The highest BCUT2D eigenvalue weighted by Gasteiger charge is 2.27. The van der Waals surface area contributed by atoms with Crippen molar-refractivity contribution in [3.63, 3.8) is 0 Å². The molecule has 9 heteroatoms. The van der Waals surface area contributed by atoms with E-state index in [0.717, 1.165) is 10.4 Å². The summed E-state index contributed by atoms with van der Waals surface area (Å²) in [5.41, 5.74) is 1.05. The van der Waals surface area contributed by atoms with Crippen LogP contribution >= 0.6 is 11.3 Å². The van der Waals surface area contributed by atoms with Crippen molar-refractivity contribution >= 4 is 27.4 Å². The van der Waals surface area contributed by atoms with E-state index in [9.17, 15) is 13.2 Å². The third-order valence-corrected chi connectivity index (χ3v) is 8.19. The van der Waals surface area contributed by atoms with Crippen molar-refractivity contribution in [3.05, 3.63) is 52.9 Å². The summed E-state index contributed by atoms with van der Waals surface area (Å²) in [5, 5.41) is 5.84. The van der Waals surface area contributed by atoms with Crippen molar-refractivity contribution in [3.8, 4) is 0 Å². The molecule has 1 atom stereocenters. The summed E-state index contributed by atoms with van der Waals surface area (Å²) in [6.07, 6.45) is 0. The minimum Gasteiger partial charge on any atom is -0.379 e. The Hall–Kier alpha value is -1.94. The lowest BCUT2D eigenvalue weighted by atomic mass is 9.96. The lowest BCUT2D eigenvalue weighted by Gasteiger charge is -2.25. The molecule has 1 fully saturated rings. The second-order valence-electron chi connectivity index (χ2n) is 7.20. The van der Waals surface area contributed by atoms with E-state index in [4.69, 9.17) is 4.74 Å². The molecule has 1 aromatic heterocycles. The van der Waals surface area contributed by atoms with Crippen molar-refractivity contribution in [2.45, 2.75) is 30.6 Å². The van der Waals surface area contributed by atoms with Gasteiger partial charge in [0.15, 0.2) is 0 Å². The first-order chi connectivity index (χ1) is 13.9. The Labute approximate surface area is 176 Å². The van der Waals surface area contributed by atoms with Gasteiger partial charge in [-0.05, 0) is 23.6 Å². The van der Waals surface area contributed by atoms with E-state index in [0.29, 0.717) is 30.5 Å². The van der Waals surface area contributed by atoms with Gasteiger partial charge in [0.05, 0.1) is 25.8 Å². The number of nitrogens with zero attached hydrogens (tertiary/aromatic N) is 1. The van der Waals surface area contributed by atoms with Crippen LogP contribution in [0.4, 0.5) is 4.79 Å². The summed E-state index contributed by atoms with van der Waals surface area (Å²) in [5.74, 6) is 0.232. The molecule has 2 heterocycles. The molecule has 2 amide bonds. The molecule has 1 aliphatic heterocycles. The third-order valence-electron chi connectivity index (χ3n) is 4.74. The summed E-state index contributed by atoms with van der Waals surface area (Å²) >= 11 is 1.18. The van der Waals surface area contributed by atoms with Gasteiger partial charge in [0, 0.05) is 18.0 Å². The fourth-order valence-electron chi connectivity index (χ4n) is 3.16. The number of morpholine rings is 1. The van der Waals surface area contributed by atoms with Crippen molar-refractivity contribution in [2.75, 3.05) is 26.3 Å². The minimum atomic E-state index is -3.50. The highest BCUT2D eigenvalue weighted by atomic mass is 32.2. The number of carbonyl (C=O) groups excluding carboxylic acids is 1. The zero-order valence-electron chi connectivity index (χ0n) is 16.6. The van der Waals surface area contributed by atoms with E-state index in [1.54, 1.807) is 12.1 Å². The van der Waals surface area contributed by atoms with E-state index in [-0.39, 0.29) is 24.5 Å². The Bertz CT molecular complexity index is 907. The molecule has 29 heavy (non-hydrogen) atoms. The van der Waals surface area contributed by atoms with Crippen molar-refractivity contribution in [1.82, 2.24) is 14.9 Å². The van der Waals surface area contributed by atoms with Gasteiger partial charge >= 0.3 is 6.03 Å². The molecule has 1 unspecified atom stereocenters. The monoisotopic (exact) mass is 437 g/mol. The van der Waals surface area contributed by atoms with Gasteiger partial charge in [-0.15, -0.1) is 11.3 Å². The number of hydrogen-bond donors (Lipinski definition) is 2. The second kappa shape index (κ2) is 9.71. The van der Waals surface area contributed by atoms with Crippen LogP contribution in [0.1, 0.15) is 30.3 Å². The van der Waals surface area contributed by atoms with Crippen LogP contribution in [0.5, 0.6) is 0 Å². The lowest BCUT2D eigenvalue weighted by Crippen LogP contribution is -2.40. The molecule has 0 spiro atoms. The SMILES string of the molecule is CC(C)C(NC(=O)NCc1ccc(S(=O)(=O)N2CCOCC2)s1)c1ccccc1. The Morgan fingerprint density at radius 1 is 1.14 bits per heavy atom. The van der Waals surface area contributed by atoms with Crippen LogP contribution < -0.4 is 10.6 Å². The summed E-state index contributed by atoms with van der Waals surface area (Å²) in [6.45, 7) is 5.95. The lowest BCUT2D eigenvalue weighted by molar-refractivity contribution is 0.0731. The smallest absolute Gasteiger partial charge is 0.315 e. The summed E-state index contributed by atoms with van der Waals surface area (Å²) < 4.78 is 32.4. The van der Waals surface area contributed by atoms with Gasteiger partial charge in [-0.2, -0.15) is 4.31 Å². The third kappa shape index (κ3) is 5.57. The Kier molecular flexibility index (Phi) is 7.28. The maximum Gasteiger partial charge on any atom is 0.315 e. The van der Waals surface area contributed by atoms with E-state index in [1.807, 2.05) is 30.3 Å². The maximum atomic E-state index is 12.7. The summed E-state index contributed by atoms with van der Waals surface area (Å²) in [4.78, 5) is 13.2. The topological polar surface area (TPSA) is 87.7 Å². The number of rotatable bonds is 7. The Balaban J connectivity index is 1.58. The Morgan fingerprint density at radius 2 is 1.83 bits per heavy atom. The quantitative estimate of drug-likeness (QED) is 0.697. The molecular weight excluding hydrogens is 410 g/mol. The van der Waals surface area contributed by atoms with Crippen molar-refractivity contribution in [2.24, 2.45) is 5.92 Å². The van der Waals surface area contributed by atoms with Gasteiger partial charge in [0.25, 0.3) is 10.0 Å². The largest absolute Gasteiger partial charge is 0.379 e. The second-order valence-corrected chi connectivity index (χ2v) is 10.5. The van der Waals surface area contributed by atoms with Gasteiger partial charge in [-0.25, -0.2) is 13.2 Å². The number of carbonyl (C=O) groups is 1. The molecule has 1 aliphatic rings. The molecule has 1 aromatic carbocycles. The van der Waals surface area contributed by atoms with Crippen LogP contribution in [0.2, 0.25) is 0 Å². The molecule has 0 saturated carbocycles. The molecule has 3 rings (SSSR count). The maximum absolute atomic E-state index is 12.7. The summed E-state index contributed by atoms with van der Waals surface area (Å²) in [7, 11) is -3.50. The number of thiophene rings is 1. The van der Waals surface area contributed by atoms with Crippen LogP contribution in [0, 0.1) is 5.92 Å². The van der Waals surface area contributed by atoms with Crippen LogP contribution in [0.15, 0.2) is 46.7 Å². The standard InChI is InChI=1S/C20H27N3O4S2/c1-15(2)19(16-6-4-3-5-7-16)22-20(24)21-14-17-8-9-18(28-17)29(25,26)23-10-12-27-13-11-23/h3-9,15,19H,10-14H2,1-2H3,(H2,21,22,24). The fraction of sp³-hybridized carbons (Fsp3) is 0.450. The Morgan fingerprint density at radius 3 is 2.48 bits per heavy atom. The van der Waals surface area contributed by atoms with Gasteiger partial charge in [-0.3, -0.25) is 0 Å². The normalized spacial score (nSPS) is 16.5. The van der Waals surface area contributed by atoms with Gasteiger partial charge in [0.1, 0.15) is 4.21 Å². The molecule has 0 aliphatic carbocycles. The van der Waals surface area contributed by atoms with Crippen LogP contribution in [-0.2, 0) is 21.3 Å². The number of hydrogen-bond acceptors (Lipinski definition) is 5. The zero-order valence-corrected chi connectivity index (χ0v) is 18.3. The number of benzene rings is 1. The van der Waals surface area contributed by atoms with Crippen molar-refractivity contribution < 1.29 is 17.9 Å². The highest BCUT2D eigenvalue weighted by Crippen LogP contribution is 2.26. The molecule has 0 radical (unpaired) electrons. The predicted molar refractivity (Wildman–Crippen MR) is 113 cm³/mol. The van der Waals surface area contributed by atoms with E-state index >= 15 is 0 Å². The minimum absolute atomic E-state index is 0.100. The summed E-state index contributed by atoms with van der Waals surface area (Å²) in [6, 6.07) is 12.8. The molecule has 1 saturated heterocycles. The molecule has 2 N–H and O–H groups in total. The average Bonchev–Trinajstić information content (AvgIpc) is 3.21. The number of urea groups is 1. The van der Waals surface area contributed by atoms with Gasteiger partial charge < -0.3 is 15.4 Å². The zero-order chi connectivity index (χ0) is 20.9. The number of amides is 2. The molecule has 158 valence electrons. The predicted octanol–water partition coefficient (Wildman–Crippen LogP) is 2.97. The van der Waals surface area contributed by atoms with Crippen LogP contribution in [0.25, 0.3) is 0 Å². The molecular formula is C20H27N3O4S2. The van der Waals surface area contributed by atoms with Crippen molar-refractivity contribution in [1.29, 1.82) is 0 Å². The number of nitrogens with one attached hydrogen (secondary N) is 2. The fourth-order valence-corrected chi connectivity index (χ4v) is 6.02. The number of ether oxygens (including phenoxy) is 1. The van der Waals surface area contributed by atoms with Gasteiger partial charge in [-0.1, -0.05) is 44.2 Å². The first-order valence-corrected chi connectivity index (χ1v) is 11.9. The average molecular weight is 438 g/mol. The van der Waals surface area contributed by atoms with E-state index < -0.39 is 10.0 Å². The molecule has 7 nitrogen and oxygen atoms in total. The van der Waals surface area contributed by atoms with Crippen LogP contribution in [0.3, 0.4) is 0 Å². The first-order valence-electron chi connectivity index (χ1n) is 9.64. The van der Waals surface area contributed by atoms with E-state index in [1.165, 1.54) is 15.6 Å².